The Morgan fingerprint density at radius 3 is 2.67 bits per heavy atom. The van der Waals surface area contributed by atoms with Crippen LogP contribution in [0.4, 0.5) is 0 Å². The molecule has 1 saturated carbocycles. The predicted molar refractivity (Wildman–Crippen MR) is 93.5 cm³/mol. The van der Waals surface area contributed by atoms with Crippen LogP contribution in [0, 0.1) is 11.8 Å². The Morgan fingerprint density at radius 2 is 2.00 bits per heavy atom. The average Bonchev–Trinajstić information content (AvgIpc) is 2.47. The summed E-state index contributed by atoms with van der Waals surface area (Å²) < 4.78 is 0. The van der Waals surface area contributed by atoms with Crippen molar-refractivity contribution in [2.24, 2.45) is 11.8 Å². The summed E-state index contributed by atoms with van der Waals surface area (Å²) in [7, 11) is 0. The van der Waals surface area contributed by atoms with Gasteiger partial charge in [0.1, 0.15) is 0 Å². The second-order valence-electron chi connectivity index (χ2n) is 6.68. The van der Waals surface area contributed by atoms with E-state index in [0.717, 1.165) is 22.5 Å². The monoisotopic (exact) mass is 327 g/mol. The van der Waals surface area contributed by atoms with E-state index in [9.17, 15) is 0 Å². The van der Waals surface area contributed by atoms with E-state index in [1.165, 1.54) is 31.2 Å². The molecule has 1 aromatic carbocycles. The number of nitrogens with one attached hydrogen (secondary N) is 1. The normalized spacial score (nSPS) is 26.3. The van der Waals surface area contributed by atoms with Crippen molar-refractivity contribution in [3.8, 4) is 0 Å². The second-order valence-corrected chi connectivity index (χ2v) is 7.53. The van der Waals surface area contributed by atoms with Crippen molar-refractivity contribution in [1.82, 2.24) is 5.32 Å². The molecule has 1 aliphatic rings. The van der Waals surface area contributed by atoms with E-state index in [4.69, 9.17) is 23.2 Å². The lowest BCUT2D eigenvalue weighted by Gasteiger charge is -2.37. The number of halogens is 2. The molecule has 1 aliphatic carbocycles. The minimum Gasteiger partial charge on any atom is -0.314 e. The van der Waals surface area contributed by atoms with Gasteiger partial charge in [0.15, 0.2) is 0 Å². The zero-order valence-electron chi connectivity index (χ0n) is 13.3. The van der Waals surface area contributed by atoms with Gasteiger partial charge in [-0.1, -0.05) is 56.8 Å². The van der Waals surface area contributed by atoms with Crippen LogP contribution in [0.15, 0.2) is 18.2 Å². The Hall–Kier alpha value is -0.240. The molecular weight excluding hydrogens is 301 g/mol. The molecule has 0 aliphatic heterocycles. The predicted octanol–water partition coefficient (Wildman–Crippen LogP) is 5.90. The number of hydrogen-bond acceptors (Lipinski definition) is 1. The summed E-state index contributed by atoms with van der Waals surface area (Å²) in [4.78, 5) is 0. The fourth-order valence-corrected chi connectivity index (χ4v) is 3.94. The molecular formula is C18H27Cl2N. The maximum Gasteiger partial charge on any atom is 0.0441 e. The molecule has 1 nitrogen and oxygen atoms in total. The van der Waals surface area contributed by atoms with Crippen molar-refractivity contribution in [1.29, 1.82) is 0 Å². The molecule has 0 amide bonds. The van der Waals surface area contributed by atoms with E-state index in [2.05, 4.69) is 32.2 Å². The first kappa shape index (κ1) is 17.1. The van der Waals surface area contributed by atoms with Crippen LogP contribution in [-0.2, 0) is 0 Å². The molecule has 1 N–H and O–H groups in total. The Morgan fingerprint density at radius 1 is 1.24 bits per heavy atom. The largest absolute Gasteiger partial charge is 0.314 e. The summed E-state index contributed by atoms with van der Waals surface area (Å²) in [5.41, 5.74) is 1.25. The molecule has 0 bridgehead atoms. The molecule has 3 unspecified atom stereocenters. The standard InChI is InChI=1S/C18H27Cl2N/c1-4-13-5-6-14(11-21-12(2)3)16(9-13)17-10-15(19)7-8-18(17)20/h7-8,10,12-14,16,21H,4-6,9,11H2,1-3H3. The van der Waals surface area contributed by atoms with Crippen LogP contribution in [0.1, 0.15) is 57.9 Å². The zero-order valence-corrected chi connectivity index (χ0v) is 14.8. The zero-order chi connectivity index (χ0) is 15.4. The average molecular weight is 328 g/mol. The molecule has 21 heavy (non-hydrogen) atoms. The van der Waals surface area contributed by atoms with Crippen molar-refractivity contribution in [3.05, 3.63) is 33.8 Å². The van der Waals surface area contributed by atoms with Crippen molar-refractivity contribution >= 4 is 23.2 Å². The van der Waals surface area contributed by atoms with Gasteiger partial charge in [0.2, 0.25) is 0 Å². The van der Waals surface area contributed by atoms with Crippen molar-refractivity contribution in [3.63, 3.8) is 0 Å². The first-order valence-corrected chi connectivity index (χ1v) is 8.95. The maximum atomic E-state index is 6.47. The van der Waals surface area contributed by atoms with Crippen LogP contribution in [0.3, 0.4) is 0 Å². The molecule has 3 atom stereocenters. The molecule has 0 heterocycles. The molecule has 1 aromatic rings. The van der Waals surface area contributed by atoms with Gasteiger partial charge in [-0.05, 0) is 60.9 Å². The summed E-state index contributed by atoms with van der Waals surface area (Å²) in [6, 6.07) is 6.44. The number of benzene rings is 1. The summed E-state index contributed by atoms with van der Waals surface area (Å²) in [5, 5.41) is 5.27. The summed E-state index contributed by atoms with van der Waals surface area (Å²) in [6.07, 6.45) is 5.13. The summed E-state index contributed by atoms with van der Waals surface area (Å²) >= 11 is 12.7. The lowest BCUT2D eigenvalue weighted by molar-refractivity contribution is 0.222. The molecule has 0 radical (unpaired) electrons. The Kier molecular flexibility index (Phi) is 6.40. The van der Waals surface area contributed by atoms with Gasteiger partial charge in [0.05, 0.1) is 0 Å². The second kappa shape index (κ2) is 7.85. The molecule has 2 rings (SSSR count). The highest BCUT2D eigenvalue weighted by molar-refractivity contribution is 6.33. The fourth-order valence-electron chi connectivity index (χ4n) is 3.50. The third kappa shape index (κ3) is 4.61. The first-order chi connectivity index (χ1) is 10.0. The number of rotatable bonds is 5. The van der Waals surface area contributed by atoms with E-state index in [1.54, 1.807) is 0 Å². The molecule has 3 heteroatoms. The van der Waals surface area contributed by atoms with Crippen LogP contribution >= 0.6 is 23.2 Å². The van der Waals surface area contributed by atoms with Crippen LogP contribution < -0.4 is 5.32 Å². The maximum absolute atomic E-state index is 6.47. The lowest BCUT2D eigenvalue weighted by Crippen LogP contribution is -2.35. The molecule has 1 fully saturated rings. The minimum atomic E-state index is 0.529. The Balaban J connectivity index is 2.21. The van der Waals surface area contributed by atoms with E-state index in [1.807, 2.05) is 12.1 Å². The third-order valence-electron chi connectivity index (χ3n) is 4.83. The van der Waals surface area contributed by atoms with Crippen LogP contribution in [0.2, 0.25) is 10.0 Å². The molecule has 0 saturated heterocycles. The highest BCUT2D eigenvalue weighted by Gasteiger charge is 2.32. The molecule has 118 valence electrons. The smallest absolute Gasteiger partial charge is 0.0441 e. The van der Waals surface area contributed by atoms with Gasteiger partial charge in [-0.3, -0.25) is 0 Å². The van der Waals surface area contributed by atoms with Crippen molar-refractivity contribution in [2.75, 3.05) is 6.54 Å². The third-order valence-corrected chi connectivity index (χ3v) is 5.40. The Labute approximate surface area is 139 Å². The SMILES string of the molecule is CCC1CCC(CNC(C)C)C(c2cc(Cl)ccc2Cl)C1. The van der Waals surface area contributed by atoms with Gasteiger partial charge in [-0.25, -0.2) is 0 Å². The van der Waals surface area contributed by atoms with Crippen molar-refractivity contribution < 1.29 is 0 Å². The van der Waals surface area contributed by atoms with Crippen LogP contribution in [0.25, 0.3) is 0 Å². The van der Waals surface area contributed by atoms with Gasteiger partial charge in [-0.15, -0.1) is 0 Å². The summed E-state index contributed by atoms with van der Waals surface area (Å²) in [5.74, 6) is 2.01. The van der Waals surface area contributed by atoms with Crippen molar-refractivity contribution in [2.45, 2.75) is 58.4 Å². The minimum absolute atomic E-state index is 0.529. The topological polar surface area (TPSA) is 12.0 Å². The highest BCUT2D eigenvalue weighted by atomic mass is 35.5. The lowest BCUT2D eigenvalue weighted by atomic mass is 9.70. The molecule has 0 spiro atoms. The van der Waals surface area contributed by atoms with Gasteiger partial charge < -0.3 is 5.32 Å². The molecule has 0 aromatic heterocycles. The van der Waals surface area contributed by atoms with Gasteiger partial charge >= 0.3 is 0 Å². The highest BCUT2D eigenvalue weighted by Crippen LogP contribution is 2.44. The van der Waals surface area contributed by atoms with Crippen LogP contribution in [0.5, 0.6) is 0 Å². The summed E-state index contributed by atoms with van der Waals surface area (Å²) in [6.45, 7) is 7.79. The van der Waals surface area contributed by atoms with Gasteiger partial charge in [0.25, 0.3) is 0 Å². The first-order valence-electron chi connectivity index (χ1n) is 8.19. The van der Waals surface area contributed by atoms with Gasteiger partial charge in [0, 0.05) is 16.1 Å². The quantitative estimate of drug-likeness (QED) is 0.709. The van der Waals surface area contributed by atoms with Crippen LogP contribution in [-0.4, -0.2) is 12.6 Å². The Bertz CT molecular complexity index is 459. The van der Waals surface area contributed by atoms with Gasteiger partial charge in [-0.2, -0.15) is 0 Å². The van der Waals surface area contributed by atoms with E-state index >= 15 is 0 Å². The fraction of sp³-hybridized carbons (Fsp3) is 0.667. The van der Waals surface area contributed by atoms with E-state index in [-0.39, 0.29) is 0 Å². The van der Waals surface area contributed by atoms with E-state index in [0.29, 0.717) is 17.9 Å². The number of hydrogen-bond donors (Lipinski definition) is 1. The van der Waals surface area contributed by atoms with E-state index < -0.39 is 0 Å².